The zero-order chi connectivity index (χ0) is 31.3. The van der Waals surface area contributed by atoms with Crippen LogP contribution in [0, 0.1) is 13.8 Å². The van der Waals surface area contributed by atoms with Gasteiger partial charge in [0.15, 0.2) is 0 Å². The van der Waals surface area contributed by atoms with Crippen molar-refractivity contribution in [2.24, 2.45) is 5.73 Å². The molecule has 3 aromatic rings. The van der Waals surface area contributed by atoms with Crippen molar-refractivity contribution in [1.29, 1.82) is 0 Å². The maximum absolute atomic E-state index is 13.3. The molecule has 2 saturated heterocycles. The van der Waals surface area contributed by atoms with Gasteiger partial charge < -0.3 is 20.9 Å². The molecule has 0 spiro atoms. The van der Waals surface area contributed by atoms with Crippen LogP contribution < -0.4 is 16.0 Å². The maximum atomic E-state index is 13.3. The lowest BCUT2D eigenvalue weighted by molar-refractivity contribution is -0.122. The highest BCUT2D eigenvalue weighted by Gasteiger charge is 2.39. The van der Waals surface area contributed by atoms with E-state index in [9.17, 15) is 9.59 Å². The van der Waals surface area contributed by atoms with E-state index in [2.05, 4.69) is 86.6 Å². The summed E-state index contributed by atoms with van der Waals surface area (Å²) in [6.45, 7) is 12.7. The van der Waals surface area contributed by atoms with Crippen molar-refractivity contribution in [3.8, 4) is 0 Å². The third-order valence-corrected chi connectivity index (χ3v) is 9.58. The normalized spacial score (nSPS) is 18.1. The first-order valence-corrected chi connectivity index (χ1v) is 15.9. The van der Waals surface area contributed by atoms with E-state index in [4.69, 9.17) is 5.73 Å². The van der Waals surface area contributed by atoms with Crippen LogP contribution in [-0.4, -0.2) is 75.4 Å². The standard InChI is InChI=1S/C35H47N7O2/c1-25(36)33(43)37-22-28-10-12-30(13-11-28)42(23-29-8-6-5-7-9-29)31-14-18-41(19-15-31)35(4)16-20-40(21-17-35)34(44)32-26(2)38-24-39-27(32)3/h5-13,24-25,31H,14-23,36H2,1-4H3,(H,37,43)/t25-/m0/s1. The van der Waals surface area contributed by atoms with E-state index in [0.29, 0.717) is 18.2 Å². The number of nitrogens with two attached hydrogens (primary N) is 1. The minimum Gasteiger partial charge on any atom is -0.364 e. The number of nitrogens with zero attached hydrogens (tertiary/aromatic N) is 5. The van der Waals surface area contributed by atoms with Crippen LogP contribution in [0.1, 0.15) is 72.4 Å². The van der Waals surface area contributed by atoms with Gasteiger partial charge in [0.1, 0.15) is 6.33 Å². The molecule has 1 aromatic heterocycles. The molecule has 3 N–H and O–H groups in total. The van der Waals surface area contributed by atoms with Crippen molar-refractivity contribution < 1.29 is 9.59 Å². The molecule has 2 aliphatic rings. The Morgan fingerprint density at radius 3 is 2.16 bits per heavy atom. The van der Waals surface area contributed by atoms with E-state index in [-0.39, 0.29) is 17.4 Å². The molecule has 0 aliphatic carbocycles. The van der Waals surface area contributed by atoms with Gasteiger partial charge in [0.2, 0.25) is 5.91 Å². The van der Waals surface area contributed by atoms with Gasteiger partial charge in [0, 0.05) is 56.5 Å². The SMILES string of the molecule is Cc1ncnc(C)c1C(=O)N1CCC(C)(N2CCC(N(Cc3ccccc3)c3ccc(CNC(=O)[C@H](C)N)cc3)CC2)CC1. The van der Waals surface area contributed by atoms with Crippen molar-refractivity contribution in [2.75, 3.05) is 31.1 Å². The van der Waals surface area contributed by atoms with Crippen molar-refractivity contribution in [1.82, 2.24) is 25.1 Å². The van der Waals surface area contributed by atoms with E-state index in [0.717, 1.165) is 75.4 Å². The minimum atomic E-state index is -0.517. The predicted molar refractivity (Wildman–Crippen MR) is 174 cm³/mol. The Morgan fingerprint density at radius 2 is 1.57 bits per heavy atom. The van der Waals surface area contributed by atoms with Crippen LogP contribution in [0.15, 0.2) is 60.9 Å². The molecule has 0 bridgehead atoms. The second-order valence-corrected chi connectivity index (χ2v) is 12.7. The van der Waals surface area contributed by atoms with Gasteiger partial charge in [0.25, 0.3) is 5.91 Å². The molecule has 0 saturated carbocycles. The van der Waals surface area contributed by atoms with E-state index in [1.165, 1.54) is 17.6 Å². The number of amides is 2. The third kappa shape index (κ3) is 7.27. The molecule has 2 amide bonds. The molecule has 44 heavy (non-hydrogen) atoms. The molecule has 2 aromatic carbocycles. The maximum Gasteiger partial charge on any atom is 0.257 e. The van der Waals surface area contributed by atoms with Gasteiger partial charge in [-0.2, -0.15) is 0 Å². The van der Waals surface area contributed by atoms with E-state index < -0.39 is 6.04 Å². The summed E-state index contributed by atoms with van der Waals surface area (Å²) in [6.07, 6.45) is 5.61. The Morgan fingerprint density at radius 1 is 0.955 bits per heavy atom. The lowest BCUT2D eigenvalue weighted by Crippen LogP contribution is -2.58. The molecule has 3 heterocycles. The molecule has 9 nitrogen and oxygen atoms in total. The molecule has 1 atom stereocenters. The highest BCUT2D eigenvalue weighted by atomic mass is 16.2. The molecule has 2 aliphatic heterocycles. The van der Waals surface area contributed by atoms with Crippen LogP contribution in [0.2, 0.25) is 0 Å². The molecule has 9 heteroatoms. The summed E-state index contributed by atoms with van der Waals surface area (Å²) < 4.78 is 0. The highest BCUT2D eigenvalue weighted by molar-refractivity contribution is 5.96. The summed E-state index contributed by atoms with van der Waals surface area (Å²) in [6, 6.07) is 19.1. The molecule has 0 unspecified atom stereocenters. The fraction of sp³-hybridized carbons (Fsp3) is 0.486. The topological polar surface area (TPSA) is 108 Å². The number of aryl methyl sites for hydroxylation is 2. The molecule has 2 fully saturated rings. The number of carbonyl (C=O) groups is 2. The molecular formula is C35H47N7O2. The Balaban J connectivity index is 1.22. The van der Waals surface area contributed by atoms with E-state index >= 15 is 0 Å². The van der Waals surface area contributed by atoms with Crippen LogP contribution in [0.5, 0.6) is 0 Å². The van der Waals surface area contributed by atoms with Gasteiger partial charge in [-0.25, -0.2) is 9.97 Å². The summed E-state index contributed by atoms with van der Waals surface area (Å²) >= 11 is 0. The Kier molecular flexibility index (Phi) is 9.96. The lowest BCUT2D eigenvalue weighted by Gasteiger charge is -2.50. The zero-order valence-corrected chi connectivity index (χ0v) is 26.6. The number of rotatable bonds is 9. The summed E-state index contributed by atoms with van der Waals surface area (Å²) in [5, 5.41) is 2.90. The summed E-state index contributed by atoms with van der Waals surface area (Å²) in [7, 11) is 0. The summed E-state index contributed by atoms with van der Waals surface area (Å²) in [4.78, 5) is 41.0. The first kappa shape index (κ1) is 31.6. The molecule has 234 valence electrons. The van der Waals surface area contributed by atoms with Crippen LogP contribution >= 0.6 is 0 Å². The predicted octanol–water partition coefficient (Wildman–Crippen LogP) is 4.22. The van der Waals surface area contributed by atoms with Gasteiger partial charge in [-0.05, 0) is 76.6 Å². The summed E-state index contributed by atoms with van der Waals surface area (Å²) in [5.41, 5.74) is 11.5. The number of benzene rings is 2. The number of nitrogens with one attached hydrogen (secondary N) is 1. The monoisotopic (exact) mass is 597 g/mol. The van der Waals surface area contributed by atoms with E-state index in [1.54, 1.807) is 6.92 Å². The van der Waals surface area contributed by atoms with Gasteiger partial charge >= 0.3 is 0 Å². The number of aromatic nitrogens is 2. The Bertz CT molecular complexity index is 1390. The highest BCUT2D eigenvalue weighted by Crippen LogP contribution is 2.34. The zero-order valence-electron chi connectivity index (χ0n) is 26.6. The fourth-order valence-electron chi connectivity index (χ4n) is 6.65. The van der Waals surface area contributed by atoms with Crippen molar-refractivity contribution in [2.45, 2.75) is 84.1 Å². The van der Waals surface area contributed by atoms with E-state index in [1.807, 2.05) is 18.7 Å². The van der Waals surface area contributed by atoms with Gasteiger partial charge in [-0.15, -0.1) is 0 Å². The average Bonchev–Trinajstić information content (AvgIpc) is 3.03. The first-order chi connectivity index (χ1) is 21.1. The summed E-state index contributed by atoms with van der Waals surface area (Å²) in [5.74, 6) is -0.0891. The van der Waals surface area contributed by atoms with Gasteiger partial charge in [0.05, 0.1) is 23.0 Å². The third-order valence-electron chi connectivity index (χ3n) is 9.58. The molecule has 0 radical (unpaired) electrons. The van der Waals surface area contributed by atoms with Gasteiger partial charge in [-0.1, -0.05) is 42.5 Å². The number of hydrogen-bond acceptors (Lipinski definition) is 7. The van der Waals surface area contributed by atoms with Crippen LogP contribution in [0.4, 0.5) is 5.69 Å². The number of likely N-dealkylation sites (tertiary alicyclic amines) is 2. The molecular weight excluding hydrogens is 550 g/mol. The van der Waals surface area contributed by atoms with Crippen LogP contribution in [0.3, 0.4) is 0 Å². The van der Waals surface area contributed by atoms with Crippen LogP contribution in [-0.2, 0) is 17.9 Å². The van der Waals surface area contributed by atoms with Crippen molar-refractivity contribution in [3.05, 3.63) is 89.0 Å². The molecule has 5 rings (SSSR count). The fourth-order valence-corrected chi connectivity index (χ4v) is 6.65. The smallest absolute Gasteiger partial charge is 0.257 e. The minimum absolute atomic E-state index is 0.0558. The number of piperidine rings is 2. The Hall–Kier alpha value is -3.82. The second kappa shape index (κ2) is 13.9. The number of anilines is 1. The average molecular weight is 598 g/mol. The Labute approximate surface area is 261 Å². The van der Waals surface area contributed by atoms with Crippen molar-refractivity contribution >= 4 is 17.5 Å². The lowest BCUT2D eigenvalue weighted by atomic mass is 9.85. The number of hydrogen-bond donors (Lipinski definition) is 2. The largest absolute Gasteiger partial charge is 0.364 e. The quantitative estimate of drug-likeness (QED) is 0.380. The van der Waals surface area contributed by atoms with Gasteiger partial charge in [-0.3, -0.25) is 14.5 Å². The first-order valence-electron chi connectivity index (χ1n) is 15.9. The number of carbonyl (C=O) groups excluding carboxylic acids is 2. The van der Waals surface area contributed by atoms with Crippen LogP contribution in [0.25, 0.3) is 0 Å². The second-order valence-electron chi connectivity index (χ2n) is 12.7. The van der Waals surface area contributed by atoms with Crippen molar-refractivity contribution in [3.63, 3.8) is 0 Å².